The second kappa shape index (κ2) is 7.49. The zero-order chi connectivity index (χ0) is 15.1. The van der Waals surface area contributed by atoms with Gasteiger partial charge in [0.15, 0.2) is 0 Å². The van der Waals surface area contributed by atoms with Gasteiger partial charge in [0.2, 0.25) is 11.8 Å². The van der Waals surface area contributed by atoms with Gasteiger partial charge < -0.3 is 16.2 Å². The van der Waals surface area contributed by atoms with E-state index in [4.69, 9.17) is 10.8 Å². The smallest absolute Gasteiger partial charge is 0.326 e. The number of benzene rings is 1. The van der Waals surface area contributed by atoms with E-state index in [1.807, 2.05) is 0 Å². The Morgan fingerprint density at radius 3 is 2.55 bits per heavy atom. The van der Waals surface area contributed by atoms with Crippen LogP contribution in [0.4, 0.5) is 4.39 Å². The third-order valence-electron chi connectivity index (χ3n) is 2.23. The quantitative estimate of drug-likeness (QED) is 0.630. The first kappa shape index (κ1) is 16.0. The SMILES string of the molecule is NC(=O)C[C@@H](NC(=O)CSc1ccccc1F)C(=O)O. The summed E-state index contributed by atoms with van der Waals surface area (Å²) in [6, 6.07) is 4.53. The van der Waals surface area contributed by atoms with E-state index in [-0.39, 0.29) is 10.6 Å². The van der Waals surface area contributed by atoms with Crippen molar-refractivity contribution in [2.24, 2.45) is 5.73 Å². The molecule has 0 spiro atoms. The first-order chi connectivity index (χ1) is 9.40. The van der Waals surface area contributed by atoms with Crippen LogP contribution in [-0.2, 0) is 14.4 Å². The van der Waals surface area contributed by atoms with Gasteiger partial charge in [-0.05, 0) is 12.1 Å². The van der Waals surface area contributed by atoms with Crippen LogP contribution in [0.3, 0.4) is 0 Å². The molecule has 0 fully saturated rings. The first-order valence-corrected chi connectivity index (χ1v) is 6.56. The van der Waals surface area contributed by atoms with E-state index in [1.54, 1.807) is 6.07 Å². The molecule has 1 aromatic rings. The topological polar surface area (TPSA) is 109 Å². The molecule has 0 radical (unpaired) electrons. The molecule has 4 N–H and O–H groups in total. The van der Waals surface area contributed by atoms with Crippen LogP contribution in [0.5, 0.6) is 0 Å². The number of amides is 2. The zero-order valence-electron chi connectivity index (χ0n) is 10.3. The number of nitrogens with two attached hydrogens (primary N) is 1. The van der Waals surface area contributed by atoms with E-state index < -0.39 is 36.1 Å². The molecule has 2 amide bonds. The van der Waals surface area contributed by atoms with Gasteiger partial charge in [0.1, 0.15) is 11.9 Å². The molecule has 8 heteroatoms. The number of rotatable bonds is 7. The van der Waals surface area contributed by atoms with Crippen molar-refractivity contribution >= 4 is 29.5 Å². The first-order valence-electron chi connectivity index (χ1n) is 5.58. The van der Waals surface area contributed by atoms with Crippen molar-refractivity contribution in [3.8, 4) is 0 Å². The molecule has 20 heavy (non-hydrogen) atoms. The highest BCUT2D eigenvalue weighted by Crippen LogP contribution is 2.20. The van der Waals surface area contributed by atoms with Gasteiger partial charge >= 0.3 is 5.97 Å². The van der Waals surface area contributed by atoms with Gasteiger partial charge in [0, 0.05) is 4.90 Å². The van der Waals surface area contributed by atoms with Crippen molar-refractivity contribution in [1.29, 1.82) is 0 Å². The van der Waals surface area contributed by atoms with Gasteiger partial charge in [-0.25, -0.2) is 9.18 Å². The van der Waals surface area contributed by atoms with Crippen LogP contribution < -0.4 is 11.1 Å². The molecule has 0 saturated heterocycles. The van der Waals surface area contributed by atoms with Crippen LogP contribution in [-0.4, -0.2) is 34.7 Å². The molecule has 0 saturated carbocycles. The van der Waals surface area contributed by atoms with Gasteiger partial charge in [0.25, 0.3) is 0 Å². The molecule has 0 aliphatic rings. The summed E-state index contributed by atoms with van der Waals surface area (Å²) in [4.78, 5) is 33.3. The Balaban J connectivity index is 2.52. The number of hydrogen-bond donors (Lipinski definition) is 3. The Morgan fingerprint density at radius 1 is 1.35 bits per heavy atom. The number of nitrogens with one attached hydrogen (secondary N) is 1. The van der Waals surface area contributed by atoms with Gasteiger partial charge in [-0.3, -0.25) is 9.59 Å². The number of carboxylic acid groups (broad SMARTS) is 1. The molecule has 6 nitrogen and oxygen atoms in total. The summed E-state index contributed by atoms with van der Waals surface area (Å²) in [7, 11) is 0. The minimum absolute atomic E-state index is 0.163. The van der Waals surface area contributed by atoms with Crippen LogP contribution in [0.2, 0.25) is 0 Å². The van der Waals surface area contributed by atoms with Crippen molar-refractivity contribution in [1.82, 2.24) is 5.32 Å². The van der Waals surface area contributed by atoms with Crippen molar-refractivity contribution in [2.45, 2.75) is 17.4 Å². The van der Waals surface area contributed by atoms with E-state index in [1.165, 1.54) is 18.2 Å². The lowest BCUT2D eigenvalue weighted by Gasteiger charge is -2.12. The lowest BCUT2D eigenvalue weighted by Crippen LogP contribution is -2.44. The molecule has 0 aliphatic carbocycles. The Kier molecular flexibility index (Phi) is 5.98. The van der Waals surface area contributed by atoms with E-state index in [0.717, 1.165) is 11.8 Å². The van der Waals surface area contributed by atoms with Gasteiger partial charge in [-0.2, -0.15) is 0 Å². The monoisotopic (exact) mass is 300 g/mol. The largest absolute Gasteiger partial charge is 0.480 e. The molecule has 0 aliphatic heterocycles. The molecule has 1 atom stereocenters. The summed E-state index contributed by atoms with van der Waals surface area (Å²) in [5, 5.41) is 11.0. The van der Waals surface area contributed by atoms with Crippen LogP contribution in [0, 0.1) is 5.82 Å². The van der Waals surface area contributed by atoms with E-state index in [2.05, 4.69) is 5.32 Å². The molecule has 0 bridgehead atoms. The fraction of sp³-hybridized carbons (Fsp3) is 0.250. The minimum Gasteiger partial charge on any atom is -0.480 e. The fourth-order valence-electron chi connectivity index (χ4n) is 1.34. The average Bonchev–Trinajstić information content (AvgIpc) is 2.36. The average molecular weight is 300 g/mol. The van der Waals surface area contributed by atoms with Gasteiger partial charge in [0.05, 0.1) is 12.2 Å². The Labute approximate surface area is 118 Å². The van der Waals surface area contributed by atoms with Gasteiger partial charge in [-0.1, -0.05) is 12.1 Å². The highest BCUT2D eigenvalue weighted by atomic mass is 32.2. The zero-order valence-corrected chi connectivity index (χ0v) is 11.2. The standard InChI is InChI=1S/C12H13FN2O4S/c13-7-3-1-2-4-9(7)20-6-11(17)15-8(12(18)19)5-10(14)16/h1-4,8H,5-6H2,(H2,14,16)(H,15,17)(H,18,19)/t8-/m1/s1. The molecule has 0 aromatic heterocycles. The van der Waals surface area contributed by atoms with Gasteiger partial charge in [-0.15, -0.1) is 11.8 Å². The van der Waals surface area contributed by atoms with Crippen LogP contribution in [0.1, 0.15) is 6.42 Å². The maximum Gasteiger partial charge on any atom is 0.326 e. The summed E-state index contributed by atoms with van der Waals surface area (Å²) in [6.07, 6.45) is -0.495. The van der Waals surface area contributed by atoms with Crippen LogP contribution >= 0.6 is 11.8 Å². The Morgan fingerprint density at radius 2 is 2.00 bits per heavy atom. The second-order valence-corrected chi connectivity index (χ2v) is 4.87. The number of carbonyl (C=O) groups is 3. The lowest BCUT2D eigenvalue weighted by molar-refractivity contribution is -0.143. The molecule has 1 rings (SSSR count). The van der Waals surface area contributed by atoms with Crippen molar-refractivity contribution in [3.05, 3.63) is 30.1 Å². The number of primary amides is 1. The lowest BCUT2D eigenvalue weighted by atomic mass is 10.2. The minimum atomic E-state index is -1.37. The molecular weight excluding hydrogens is 287 g/mol. The third-order valence-corrected chi connectivity index (χ3v) is 3.28. The van der Waals surface area contributed by atoms with Crippen molar-refractivity contribution in [2.75, 3.05) is 5.75 Å². The second-order valence-electron chi connectivity index (χ2n) is 3.85. The fourth-order valence-corrected chi connectivity index (χ4v) is 2.09. The number of hydrogen-bond acceptors (Lipinski definition) is 4. The Bertz CT molecular complexity index is 524. The summed E-state index contributed by atoms with van der Waals surface area (Å²) in [6.45, 7) is 0. The number of aliphatic carboxylic acids is 1. The highest BCUT2D eigenvalue weighted by Gasteiger charge is 2.22. The van der Waals surface area contributed by atoms with E-state index in [0.29, 0.717) is 0 Å². The summed E-state index contributed by atoms with van der Waals surface area (Å²) < 4.78 is 13.3. The number of halogens is 1. The number of carboxylic acids is 1. The predicted molar refractivity (Wildman–Crippen MR) is 70.5 cm³/mol. The molecule has 0 unspecified atom stereocenters. The van der Waals surface area contributed by atoms with Crippen molar-refractivity contribution < 1.29 is 23.9 Å². The molecular formula is C12H13FN2O4S. The van der Waals surface area contributed by atoms with Crippen molar-refractivity contribution in [3.63, 3.8) is 0 Å². The van der Waals surface area contributed by atoms with E-state index >= 15 is 0 Å². The van der Waals surface area contributed by atoms with Crippen LogP contribution in [0.15, 0.2) is 29.2 Å². The van der Waals surface area contributed by atoms with Crippen LogP contribution in [0.25, 0.3) is 0 Å². The maximum absolute atomic E-state index is 13.3. The molecule has 108 valence electrons. The number of carbonyl (C=O) groups excluding carboxylic acids is 2. The predicted octanol–water partition coefficient (Wildman–Crippen LogP) is 0.363. The van der Waals surface area contributed by atoms with E-state index in [9.17, 15) is 18.8 Å². The number of thioether (sulfide) groups is 1. The summed E-state index contributed by atoms with van der Waals surface area (Å²) >= 11 is 0.932. The highest BCUT2D eigenvalue weighted by molar-refractivity contribution is 8.00. The third kappa shape index (κ3) is 5.27. The molecule has 1 aromatic carbocycles. The maximum atomic E-state index is 13.3. The summed E-state index contributed by atoms with van der Waals surface area (Å²) in [5.41, 5.74) is 4.88. The normalized spacial score (nSPS) is 11.7. The summed E-state index contributed by atoms with van der Waals surface area (Å²) in [5.74, 6) is -3.43. The molecule has 0 heterocycles. The Hall–Kier alpha value is -2.09.